The topological polar surface area (TPSA) is 75.6 Å². The van der Waals surface area contributed by atoms with E-state index in [4.69, 9.17) is 4.74 Å². The zero-order valence-electron chi connectivity index (χ0n) is 38.2. The highest BCUT2D eigenvalue weighted by molar-refractivity contribution is 5.77. The summed E-state index contributed by atoms with van der Waals surface area (Å²) in [5.74, 6) is 2.87. The van der Waals surface area contributed by atoms with Crippen LogP contribution in [-0.4, -0.2) is 23.1 Å². The van der Waals surface area contributed by atoms with Gasteiger partial charge in [0.2, 0.25) is 5.91 Å². The van der Waals surface area contributed by atoms with Crippen LogP contribution in [0, 0.1) is 62.1 Å². The van der Waals surface area contributed by atoms with Crippen molar-refractivity contribution in [1.29, 1.82) is 0 Å². The van der Waals surface area contributed by atoms with Crippen molar-refractivity contribution in [3.8, 4) is 0 Å². The van der Waals surface area contributed by atoms with Gasteiger partial charge in [-0.1, -0.05) is 125 Å². The number of aliphatic hydroxyl groups excluding tert-OH is 1. The maximum Gasteiger partial charge on any atom is 0.306 e. The van der Waals surface area contributed by atoms with Crippen LogP contribution in [0.1, 0.15) is 185 Å². The van der Waals surface area contributed by atoms with Gasteiger partial charge in [-0.05, 0) is 140 Å². The SMILES string of the molecule is C=C(O)CC(C)(C)CC(=O)O[C@H]1CC[C@@]2(C)C(CC[C@]3(C)[C@@H]2CC[C@@H]2C4[C@H](C(=C)C)CC[C@]4(CC(=O)N[C@@H](C)c4ccccc4)CC[C@]23C)C1(C)C.CC.CC. The first-order chi connectivity index (χ1) is 26.2. The maximum absolute atomic E-state index is 13.9. The van der Waals surface area contributed by atoms with Gasteiger partial charge in [0.1, 0.15) is 6.10 Å². The molecule has 1 amide bonds. The Labute approximate surface area is 343 Å². The molecule has 11 atom stereocenters. The summed E-state index contributed by atoms with van der Waals surface area (Å²) in [6.45, 7) is 37.3. The summed E-state index contributed by atoms with van der Waals surface area (Å²) in [5.41, 5.74) is 2.63. The van der Waals surface area contributed by atoms with Crippen molar-refractivity contribution in [2.75, 3.05) is 0 Å². The molecule has 0 radical (unpaired) electrons. The number of esters is 1. The lowest BCUT2D eigenvalue weighted by molar-refractivity contribution is -0.250. The molecule has 5 saturated carbocycles. The molecule has 0 bridgehead atoms. The highest BCUT2D eigenvalue weighted by atomic mass is 16.5. The molecule has 5 aliphatic rings. The molecule has 0 heterocycles. The average molecular weight is 774 g/mol. The van der Waals surface area contributed by atoms with Gasteiger partial charge < -0.3 is 15.2 Å². The van der Waals surface area contributed by atoms with Gasteiger partial charge in [0.05, 0.1) is 18.2 Å². The Hall–Kier alpha value is -2.56. The lowest BCUT2D eigenvalue weighted by Gasteiger charge is -2.73. The second-order valence-corrected chi connectivity index (χ2v) is 20.8. The summed E-state index contributed by atoms with van der Waals surface area (Å²) in [6.07, 6.45) is 12.7. The standard InChI is InChI=1S/C47H71NO4.2C2H6/c1-30(2)34-19-24-47(28-39(50)48-32(4)33-15-13-12-14-16-33)26-25-45(10)35(41(34)47)17-18-37-44(9)22-21-38(43(7,8)36(44)20-23-46(37,45)11)52-40(51)29-42(5,6)27-31(3)49;2*1-2/h12-16,32,34-38,41,49H,1,3,17-29H2,2,4-11H3,(H,48,50);2*1-2H3/t32-,34-,35+,36?,37+,38-,41?,44-,45+,46+,47+;;/m0../s1. The van der Waals surface area contributed by atoms with Crippen LogP contribution in [-0.2, 0) is 14.3 Å². The predicted octanol–water partition coefficient (Wildman–Crippen LogP) is 13.8. The van der Waals surface area contributed by atoms with E-state index in [-0.39, 0.29) is 68.7 Å². The molecule has 6 rings (SSSR count). The zero-order valence-corrected chi connectivity index (χ0v) is 38.2. The molecule has 56 heavy (non-hydrogen) atoms. The van der Waals surface area contributed by atoms with Gasteiger partial charge in [-0.15, -0.1) is 0 Å². The van der Waals surface area contributed by atoms with Crippen molar-refractivity contribution >= 4 is 11.9 Å². The number of aliphatic hydroxyl groups is 1. The minimum atomic E-state index is -0.387. The van der Waals surface area contributed by atoms with E-state index in [1.807, 2.05) is 47.6 Å². The molecule has 2 unspecified atom stereocenters. The third-order valence-electron chi connectivity index (χ3n) is 16.9. The van der Waals surface area contributed by atoms with Crippen LogP contribution in [0.4, 0.5) is 0 Å². The lowest BCUT2D eigenvalue weighted by atomic mass is 9.32. The molecule has 2 N–H and O–H groups in total. The normalized spacial score (nSPS) is 37.2. The van der Waals surface area contributed by atoms with Crippen LogP contribution in [0.2, 0.25) is 0 Å². The minimum absolute atomic E-state index is 0.00228. The van der Waals surface area contributed by atoms with Crippen LogP contribution in [0.15, 0.2) is 54.8 Å². The largest absolute Gasteiger partial charge is 0.513 e. The molecular formula is C51H83NO4. The molecule has 0 aromatic heterocycles. The van der Waals surface area contributed by atoms with Crippen LogP contribution >= 0.6 is 0 Å². The zero-order chi connectivity index (χ0) is 42.1. The Morgan fingerprint density at radius 1 is 0.839 bits per heavy atom. The Morgan fingerprint density at radius 3 is 2.09 bits per heavy atom. The molecule has 5 heteroatoms. The lowest BCUT2D eigenvalue weighted by Crippen LogP contribution is -2.67. The molecule has 5 nitrogen and oxygen atoms in total. The van der Waals surface area contributed by atoms with Crippen molar-refractivity contribution in [2.24, 2.45) is 62.1 Å². The van der Waals surface area contributed by atoms with Gasteiger partial charge in [0.25, 0.3) is 0 Å². The van der Waals surface area contributed by atoms with Crippen molar-refractivity contribution in [3.05, 3.63) is 60.4 Å². The second kappa shape index (κ2) is 17.3. The third-order valence-corrected chi connectivity index (χ3v) is 16.9. The predicted molar refractivity (Wildman–Crippen MR) is 234 cm³/mol. The summed E-state index contributed by atoms with van der Waals surface area (Å²) in [6, 6.07) is 10.4. The molecule has 1 aromatic carbocycles. The number of ether oxygens (including phenoxy) is 1. The first-order valence-electron chi connectivity index (χ1n) is 22.8. The summed E-state index contributed by atoms with van der Waals surface area (Å²) < 4.78 is 6.37. The smallest absolute Gasteiger partial charge is 0.306 e. The minimum Gasteiger partial charge on any atom is -0.513 e. The molecule has 316 valence electrons. The monoisotopic (exact) mass is 774 g/mol. The number of allylic oxidation sites excluding steroid dienone is 2. The van der Waals surface area contributed by atoms with Crippen molar-refractivity contribution in [3.63, 3.8) is 0 Å². The fraction of sp³-hybridized carbons (Fsp3) is 0.765. The van der Waals surface area contributed by atoms with E-state index in [0.717, 1.165) is 37.7 Å². The molecule has 5 fully saturated rings. The highest BCUT2D eigenvalue weighted by Crippen LogP contribution is 2.78. The highest BCUT2D eigenvalue weighted by Gasteiger charge is 2.71. The number of amides is 1. The van der Waals surface area contributed by atoms with Crippen LogP contribution < -0.4 is 5.32 Å². The average Bonchev–Trinajstić information content (AvgIpc) is 3.50. The summed E-state index contributed by atoms with van der Waals surface area (Å²) >= 11 is 0. The molecular weight excluding hydrogens is 691 g/mol. The first-order valence-corrected chi connectivity index (χ1v) is 22.8. The third kappa shape index (κ3) is 8.32. The Balaban J connectivity index is 0.00000169. The van der Waals surface area contributed by atoms with Gasteiger partial charge in [-0.25, -0.2) is 0 Å². The summed E-state index contributed by atoms with van der Waals surface area (Å²) in [7, 11) is 0. The number of hydrogen-bond donors (Lipinski definition) is 2. The number of nitrogens with one attached hydrogen (secondary N) is 1. The van der Waals surface area contributed by atoms with E-state index in [0.29, 0.717) is 42.4 Å². The number of fused-ring (bicyclic) bond motifs is 7. The van der Waals surface area contributed by atoms with Crippen LogP contribution in [0.25, 0.3) is 0 Å². The van der Waals surface area contributed by atoms with Gasteiger partial charge in [0.15, 0.2) is 0 Å². The number of rotatable bonds is 10. The fourth-order valence-electron chi connectivity index (χ4n) is 14.4. The van der Waals surface area contributed by atoms with Crippen molar-refractivity contribution in [1.82, 2.24) is 5.32 Å². The number of benzene rings is 1. The molecule has 0 spiro atoms. The van der Waals surface area contributed by atoms with E-state index in [9.17, 15) is 14.7 Å². The number of hydrogen-bond acceptors (Lipinski definition) is 4. The van der Waals surface area contributed by atoms with Gasteiger partial charge in [-0.3, -0.25) is 9.59 Å². The number of carbonyl (C=O) groups excluding carboxylic acids is 2. The van der Waals surface area contributed by atoms with Crippen LogP contribution in [0.5, 0.6) is 0 Å². The Morgan fingerprint density at radius 2 is 1.48 bits per heavy atom. The summed E-state index contributed by atoms with van der Waals surface area (Å²) in [5, 5.41) is 13.2. The van der Waals surface area contributed by atoms with Gasteiger partial charge in [-0.2, -0.15) is 0 Å². The van der Waals surface area contributed by atoms with E-state index in [1.54, 1.807) is 0 Å². The maximum atomic E-state index is 13.9. The first kappa shape index (κ1) is 46.1. The van der Waals surface area contributed by atoms with E-state index >= 15 is 0 Å². The number of carbonyl (C=O) groups is 2. The summed E-state index contributed by atoms with van der Waals surface area (Å²) in [4.78, 5) is 27.3. The molecule has 5 aliphatic carbocycles. The van der Waals surface area contributed by atoms with E-state index in [2.05, 4.69) is 91.2 Å². The van der Waals surface area contributed by atoms with E-state index in [1.165, 1.54) is 37.7 Å². The van der Waals surface area contributed by atoms with Crippen molar-refractivity contribution in [2.45, 2.75) is 186 Å². The quantitative estimate of drug-likeness (QED) is 0.141. The van der Waals surface area contributed by atoms with Crippen molar-refractivity contribution < 1.29 is 19.4 Å². The molecule has 0 saturated heterocycles. The fourth-order valence-corrected chi connectivity index (χ4v) is 14.4. The molecule has 0 aliphatic heterocycles. The second-order valence-electron chi connectivity index (χ2n) is 20.8. The van der Waals surface area contributed by atoms with Gasteiger partial charge >= 0.3 is 5.97 Å². The van der Waals surface area contributed by atoms with E-state index < -0.39 is 0 Å². The van der Waals surface area contributed by atoms with Crippen LogP contribution in [0.3, 0.4) is 0 Å². The molecule has 1 aromatic rings. The Kier molecular flexibility index (Phi) is 14.3. The Bertz CT molecular complexity index is 1550. The van der Waals surface area contributed by atoms with Gasteiger partial charge in [0, 0.05) is 18.3 Å².